The van der Waals surface area contributed by atoms with Crippen LogP contribution >= 0.6 is 0 Å². The molecule has 0 spiro atoms. The van der Waals surface area contributed by atoms with Gasteiger partial charge in [0.1, 0.15) is 18.3 Å². The molecular formula is C12H19NO11. The largest absolute Gasteiger partial charge is 0.508 e. The molecule has 1 rings (SSSR count). The van der Waals surface area contributed by atoms with Crippen molar-refractivity contribution in [2.75, 3.05) is 6.61 Å². The van der Waals surface area contributed by atoms with Gasteiger partial charge in [0.15, 0.2) is 0 Å². The van der Waals surface area contributed by atoms with Gasteiger partial charge >= 0.3 is 17.9 Å². The van der Waals surface area contributed by atoms with Gasteiger partial charge in [-0.15, -0.1) is 0 Å². The molecule has 1 aliphatic rings. The molecule has 0 radical (unpaired) electrons. The summed E-state index contributed by atoms with van der Waals surface area (Å²) >= 11 is 0. The molecule has 24 heavy (non-hydrogen) atoms. The van der Waals surface area contributed by atoms with Crippen LogP contribution in [-0.2, 0) is 19.1 Å². The van der Waals surface area contributed by atoms with Crippen molar-refractivity contribution in [2.45, 2.75) is 49.6 Å². The second kappa shape index (κ2) is 7.72. The lowest BCUT2D eigenvalue weighted by Crippen LogP contribution is -2.68. The molecule has 0 aliphatic carbocycles. The molecular weight excluding hydrogens is 334 g/mol. The molecule has 1 fully saturated rings. The average Bonchev–Trinajstić information content (AvgIpc) is 2.47. The Labute approximate surface area is 135 Å². The van der Waals surface area contributed by atoms with Crippen molar-refractivity contribution in [1.29, 1.82) is 0 Å². The van der Waals surface area contributed by atoms with Crippen LogP contribution in [0.25, 0.3) is 0 Å². The van der Waals surface area contributed by atoms with Crippen molar-refractivity contribution >= 4 is 18.0 Å². The predicted octanol–water partition coefficient (Wildman–Crippen LogP) is -3.17. The summed E-state index contributed by atoms with van der Waals surface area (Å²) in [5, 5.41) is 58.6. The monoisotopic (exact) mass is 353 g/mol. The van der Waals surface area contributed by atoms with Gasteiger partial charge in [0.05, 0.1) is 25.2 Å². The van der Waals surface area contributed by atoms with Crippen LogP contribution in [0.3, 0.4) is 0 Å². The fourth-order valence-corrected chi connectivity index (χ4v) is 2.37. The van der Waals surface area contributed by atoms with E-state index in [0.717, 1.165) is 6.92 Å². The molecule has 1 saturated heterocycles. The number of carbonyl (C=O) groups is 3. The highest BCUT2D eigenvalue weighted by Gasteiger charge is 2.57. The van der Waals surface area contributed by atoms with E-state index in [1.165, 1.54) is 0 Å². The number of hydrogen-bond donors (Lipinski definition) is 7. The van der Waals surface area contributed by atoms with Gasteiger partial charge in [0, 0.05) is 6.92 Å². The van der Waals surface area contributed by atoms with Crippen LogP contribution in [0.5, 0.6) is 0 Å². The number of aliphatic hydroxyl groups excluding tert-OH is 4. The molecule has 1 aliphatic heterocycles. The van der Waals surface area contributed by atoms with Gasteiger partial charge in [0.2, 0.25) is 5.91 Å². The molecule has 0 bridgehead atoms. The van der Waals surface area contributed by atoms with Crippen LogP contribution in [-0.4, -0.2) is 91.5 Å². The van der Waals surface area contributed by atoms with Crippen LogP contribution in [0.4, 0.5) is 4.79 Å². The van der Waals surface area contributed by atoms with E-state index < -0.39 is 67.3 Å². The Morgan fingerprint density at radius 2 is 1.92 bits per heavy atom. The number of carboxylic acid groups (broad SMARTS) is 2. The van der Waals surface area contributed by atoms with Crippen LogP contribution in [0.15, 0.2) is 0 Å². The summed E-state index contributed by atoms with van der Waals surface area (Å²) in [7, 11) is 0. The van der Waals surface area contributed by atoms with Crippen LogP contribution < -0.4 is 5.32 Å². The van der Waals surface area contributed by atoms with E-state index in [1.54, 1.807) is 0 Å². The lowest BCUT2D eigenvalue weighted by atomic mass is 9.88. The van der Waals surface area contributed by atoms with Crippen molar-refractivity contribution in [3.63, 3.8) is 0 Å². The first-order chi connectivity index (χ1) is 11.0. The predicted molar refractivity (Wildman–Crippen MR) is 71.7 cm³/mol. The minimum Gasteiger partial charge on any atom is -0.476 e. The topological polar surface area (TPSA) is 203 Å². The molecule has 6 atom stereocenters. The zero-order valence-electron chi connectivity index (χ0n) is 12.5. The lowest BCUT2D eigenvalue weighted by Gasteiger charge is -2.45. The summed E-state index contributed by atoms with van der Waals surface area (Å²) in [6.45, 7) is 0.134. The Hall–Kier alpha value is -1.99. The molecule has 12 nitrogen and oxygen atoms in total. The minimum absolute atomic E-state index is 0.666. The van der Waals surface area contributed by atoms with Gasteiger partial charge in [-0.05, 0) is 0 Å². The number of hydrogen-bond acceptors (Lipinski definition) is 9. The standard InChI is InChI=1S/C12H19NO11/c1-4(15)13-7-5(16)2-12(10(19)20,24-11(21)22)23-9(7)8(18)6(17)3-14/h5-9,14,16-18H,2-3H2,1H3,(H,13,15)(H,19,20)(H,21,22)/t5-,6+,7+,8+,9+,12+/m0/s1. The minimum atomic E-state index is -2.86. The second-order valence-corrected chi connectivity index (χ2v) is 5.25. The first-order valence-electron chi connectivity index (χ1n) is 6.79. The maximum absolute atomic E-state index is 11.4. The molecule has 0 unspecified atom stereocenters. The van der Waals surface area contributed by atoms with E-state index in [2.05, 4.69) is 10.1 Å². The highest BCUT2D eigenvalue weighted by atomic mass is 16.8. The summed E-state index contributed by atoms with van der Waals surface area (Å²) in [5.74, 6) is -5.43. The Bertz CT molecular complexity index is 497. The Balaban J connectivity index is 3.24. The van der Waals surface area contributed by atoms with Crippen LogP contribution in [0.2, 0.25) is 0 Å². The van der Waals surface area contributed by atoms with Crippen LogP contribution in [0, 0.1) is 0 Å². The number of nitrogens with one attached hydrogen (secondary N) is 1. The normalized spacial score (nSPS) is 32.5. The van der Waals surface area contributed by atoms with Gasteiger partial charge < -0.3 is 45.4 Å². The number of aliphatic hydroxyl groups is 4. The SMILES string of the molecule is CC(=O)N[C@H]1[C@H]([C@H](O)[C@H](O)CO)O[C@](OC(=O)O)(C(=O)O)C[C@@H]1O. The fraction of sp³-hybridized carbons (Fsp3) is 0.750. The lowest BCUT2D eigenvalue weighted by molar-refractivity contribution is -0.296. The molecule has 1 heterocycles. The number of ether oxygens (including phenoxy) is 2. The first-order valence-corrected chi connectivity index (χ1v) is 6.79. The molecule has 1 amide bonds. The summed E-state index contributed by atoms with van der Waals surface area (Å²) in [6, 6.07) is -1.39. The molecule has 0 aromatic carbocycles. The van der Waals surface area contributed by atoms with E-state index in [0.29, 0.717) is 0 Å². The van der Waals surface area contributed by atoms with E-state index in [4.69, 9.17) is 14.9 Å². The van der Waals surface area contributed by atoms with Gasteiger partial charge in [0.25, 0.3) is 0 Å². The Morgan fingerprint density at radius 1 is 1.33 bits per heavy atom. The summed E-state index contributed by atoms with van der Waals surface area (Å²) in [6.07, 6.45) is -10.1. The van der Waals surface area contributed by atoms with E-state index in [9.17, 15) is 34.8 Å². The molecule has 7 N–H and O–H groups in total. The number of amides is 1. The second-order valence-electron chi connectivity index (χ2n) is 5.25. The Kier molecular flexibility index (Phi) is 6.45. The van der Waals surface area contributed by atoms with Crippen molar-refractivity contribution in [3.8, 4) is 0 Å². The quantitative estimate of drug-likeness (QED) is 0.237. The van der Waals surface area contributed by atoms with Gasteiger partial charge in [-0.2, -0.15) is 0 Å². The average molecular weight is 353 g/mol. The van der Waals surface area contributed by atoms with Crippen molar-refractivity contribution in [1.82, 2.24) is 5.32 Å². The smallest absolute Gasteiger partial charge is 0.476 e. The van der Waals surface area contributed by atoms with E-state index in [1.807, 2.05) is 0 Å². The number of carbonyl (C=O) groups excluding carboxylic acids is 1. The number of carboxylic acids is 1. The molecule has 138 valence electrons. The van der Waals surface area contributed by atoms with E-state index in [-0.39, 0.29) is 0 Å². The fourth-order valence-electron chi connectivity index (χ4n) is 2.37. The van der Waals surface area contributed by atoms with Gasteiger partial charge in [-0.1, -0.05) is 0 Å². The molecule has 0 aromatic rings. The molecule has 0 aromatic heterocycles. The van der Waals surface area contributed by atoms with Gasteiger partial charge in [-0.25, -0.2) is 9.59 Å². The van der Waals surface area contributed by atoms with E-state index >= 15 is 0 Å². The maximum Gasteiger partial charge on any atom is 0.508 e. The van der Waals surface area contributed by atoms with Crippen LogP contribution in [0.1, 0.15) is 13.3 Å². The molecule has 0 saturated carbocycles. The highest BCUT2D eigenvalue weighted by Crippen LogP contribution is 2.33. The zero-order valence-corrected chi connectivity index (χ0v) is 12.5. The summed E-state index contributed by atoms with van der Waals surface area (Å²) < 4.78 is 9.24. The molecule has 12 heteroatoms. The third-order valence-corrected chi connectivity index (χ3v) is 3.44. The highest BCUT2D eigenvalue weighted by molar-refractivity contribution is 5.79. The Morgan fingerprint density at radius 3 is 2.33 bits per heavy atom. The maximum atomic E-state index is 11.4. The number of rotatable bonds is 6. The van der Waals surface area contributed by atoms with Crippen molar-refractivity contribution in [3.05, 3.63) is 0 Å². The van der Waals surface area contributed by atoms with Crippen molar-refractivity contribution in [2.24, 2.45) is 0 Å². The third kappa shape index (κ3) is 4.30. The summed E-state index contributed by atoms with van der Waals surface area (Å²) in [5.41, 5.74) is 0. The first kappa shape index (κ1) is 20.1. The third-order valence-electron chi connectivity index (χ3n) is 3.44. The zero-order chi connectivity index (χ0) is 18.7. The van der Waals surface area contributed by atoms with Crippen molar-refractivity contribution < 1.29 is 54.5 Å². The van der Waals surface area contributed by atoms with Gasteiger partial charge in [-0.3, -0.25) is 4.79 Å². The summed E-state index contributed by atoms with van der Waals surface area (Å²) in [4.78, 5) is 33.4. The number of aliphatic carboxylic acids is 1.